The predicted octanol–water partition coefficient (Wildman–Crippen LogP) is 3.53. The number of hydrogen-bond donors (Lipinski definition) is 0. The number of aryl methyl sites for hydroxylation is 5. The normalized spacial score (nSPS) is 10.1. The minimum absolute atomic E-state index is 0. The summed E-state index contributed by atoms with van der Waals surface area (Å²) >= 11 is 0. The van der Waals surface area contributed by atoms with E-state index in [4.69, 9.17) is 0 Å². The van der Waals surface area contributed by atoms with Crippen molar-refractivity contribution in [2.24, 2.45) is 35.2 Å². The van der Waals surface area contributed by atoms with E-state index in [9.17, 15) is 0 Å². The summed E-state index contributed by atoms with van der Waals surface area (Å²) in [5.74, 6) is 4.52. The fourth-order valence-corrected chi connectivity index (χ4v) is 3.48. The molecule has 0 aliphatic carbocycles. The third-order valence-corrected chi connectivity index (χ3v) is 5.46. The second-order valence-electron chi connectivity index (χ2n) is 8.09. The summed E-state index contributed by atoms with van der Waals surface area (Å²) in [6.45, 7) is 0. The van der Waals surface area contributed by atoms with E-state index in [0.29, 0.717) is 0 Å². The molecule has 191 valence electrons. The van der Waals surface area contributed by atoms with Crippen LogP contribution in [0.15, 0.2) is 86.2 Å². The van der Waals surface area contributed by atoms with E-state index in [-0.39, 0.29) is 19.8 Å². The van der Waals surface area contributed by atoms with Gasteiger partial charge in [0.25, 0.3) is 0 Å². The molecule has 1 radical (unpaired) electrons. The van der Waals surface area contributed by atoms with Gasteiger partial charge in [-0.05, 0) is 0 Å². The van der Waals surface area contributed by atoms with Gasteiger partial charge in [0.15, 0.2) is 23.3 Å². The maximum atomic E-state index is 4.22. The molecule has 1 aromatic carbocycles. The molecule has 0 aliphatic heterocycles. The molecular weight excluding hydrogens is 643 g/mol. The molecule has 6 rings (SSSR count). The maximum absolute atomic E-state index is 4.22. The van der Waals surface area contributed by atoms with E-state index >= 15 is 0 Å². The standard InChI is InChI=1S/C10H9N2.2C8H10N4.Os/c1-12-8-7-11-10(12)9-5-3-2-4-6-9;2*1-11-5-3-9-7(11)8-10-4-6-12(8)2;/h2-5,7-8H,1H3;2*3-6H,1-2H3;/q-1;;;+1. The molecule has 5 aromatic heterocycles. The van der Waals surface area contributed by atoms with Crippen LogP contribution >= 0.6 is 0 Å². The van der Waals surface area contributed by atoms with E-state index in [1.54, 1.807) is 31.0 Å². The van der Waals surface area contributed by atoms with Crippen molar-refractivity contribution >= 4 is 0 Å². The van der Waals surface area contributed by atoms with E-state index in [2.05, 4.69) is 31.0 Å². The van der Waals surface area contributed by atoms with E-state index in [1.165, 1.54) is 0 Å². The first kappa shape index (κ1) is 27.5. The fraction of sp³-hybridized carbons (Fsp3) is 0.192. The number of imidazole rings is 5. The summed E-state index contributed by atoms with van der Waals surface area (Å²) in [5, 5.41) is 0. The third kappa shape index (κ3) is 6.57. The summed E-state index contributed by atoms with van der Waals surface area (Å²) in [6.07, 6.45) is 18.4. The van der Waals surface area contributed by atoms with Crippen LogP contribution < -0.4 is 0 Å². The maximum Gasteiger partial charge on any atom is 1.00 e. The zero-order valence-electron chi connectivity index (χ0n) is 21.4. The van der Waals surface area contributed by atoms with Gasteiger partial charge in [-0.25, -0.2) is 19.9 Å². The van der Waals surface area contributed by atoms with Crippen molar-refractivity contribution in [2.75, 3.05) is 0 Å². The van der Waals surface area contributed by atoms with Gasteiger partial charge in [0.1, 0.15) is 0 Å². The van der Waals surface area contributed by atoms with Crippen molar-refractivity contribution in [1.82, 2.24) is 47.8 Å². The third-order valence-electron chi connectivity index (χ3n) is 5.46. The van der Waals surface area contributed by atoms with Gasteiger partial charge in [0.05, 0.1) is 5.82 Å². The van der Waals surface area contributed by atoms with Crippen LogP contribution in [0.3, 0.4) is 0 Å². The molecule has 0 saturated carbocycles. The van der Waals surface area contributed by atoms with E-state index in [1.807, 2.05) is 113 Å². The van der Waals surface area contributed by atoms with Crippen molar-refractivity contribution in [3.63, 3.8) is 0 Å². The van der Waals surface area contributed by atoms with Crippen LogP contribution in [0, 0.1) is 6.07 Å². The van der Waals surface area contributed by atoms with Gasteiger partial charge in [-0.1, -0.05) is 0 Å². The Hall–Kier alpha value is -4.09. The van der Waals surface area contributed by atoms with E-state index in [0.717, 1.165) is 34.7 Å². The van der Waals surface area contributed by atoms with Gasteiger partial charge in [-0.15, -0.1) is 35.9 Å². The van der Waals surface area contributed by atoms with Crippen LogP contribution in [0.5, 0.6) is 0 Å². The zero-order chi connectivity index (χ0) is 25.5. The Morgan fingerprint density at radius 1 is 0.486 bits per heavy atom. The average Bonchev–Trinajstić information content (AvgIpc) is 3.70. The van der Waals surface area contributed by atoms with Crippen LogP contribution in [0.4, 0.5) is 0 Å². The molecule has 11 heteroatoms. The molecule has 0 atom stereocenters. The molecule has 0 aliphatic rings. The summed E-state index contributed by atoms with van der Waals surface area (Å²) in [5.41, 5.74) is 1.03. The monoisotopic (exact) mass is 673 g/mol. The Morgan fingerprint density at radius 2 is 0.811 bits per heavy atom. The van der Waals surface area contributed by atoms with Crippen molar-refractivity contribution in [3.8, 4) is 34.7 Å². The smallest absolute Gasteiger partial charge is 0.373 e. The molecule has 0 unspecified atom stereocenters. The number of hydrogen-bond acceptors (Lipinski definition) is 5. The van der Waals surface area contributed by atoms with Crippen LogP contribution in [0.1, 0.15) is 0 Å². The molecule has 0 amide bonds. The van der Waals surface area contributed by atoms with E-state index < -0.39 is 0 Å². The number of aromatic nitrogens is 10. The van der Waals surface area contributed by atoms with Gasteiger partial charge >= 0.3 is 19.8 Å². The van der Waals surface area contributed by atoms with Crippen molar-refractivity contribution in [1.29, 1.82) is 0 Å². The molecule has 0 saturated heterocycles. The molecule has 5 heterocycles. The van der Waals surface area contributed by atoms with Crippen LogP contribution in [-0.4, -0.2) is 47.8 Å². The predicted molar refractivity (Wildman–Crippen MR) is 138 cm³/mol. The Morgan fingerprint density at radius 3 is 1.05 bits per heavy atom. The molecule has 0 bridgehead atoms. The van der Waals surface area contributed by atoms with Crippen LogP contribution in [0.25, 0.3) is 34.7 Å². The van der Waals surface area contributed by atoms with Crippen molar-refractivity contribution < 1.29 is 19.8 Å². The second kappa shape index (κ2) is 12.7. The molecule has 0 spiro atoms. The minimum atomic E-state index is 0. The molecule has 0 N–H and O–H groups in total. The first-order valence-electron chi connectivity index (χ1n) is 11.3. The topological polar surface area (TPSA) is 89.1 Å². The average molecular weight is 672 g/mol. The zero-order valence-corrected chi connectivity index (χ0v) is 23.9. The Balaban J connectivity index is 0.000000152. The summed E-state index contributed by atoms with van der Waals surface area (Å²) in [7, 11) is 9.80. The molecule has 6 aromatic rings. The van der Waals surface area contributed by atoms with Crippen LogP contribution in [0.2, 0.25) is 0 Å². The number of benzene rings is 1. The van der Waals surface area contributed by atoms with Gasteiger partial charge < -0.3 is 22.8 Å². The summed E-state index contributed by atoms with van der Waals surface area (Å²) < 4.78 is 9.77. The van der Waals surface area contributed by atoms with Crippen molar-refractivity contribution in [2.45, 2.75) is 0 Å². The molecular formula is C26H29N10Os. The second-order valence-corrected chi connectivity index (χ2v) is 8.09. The quantitative estimate of drug-likeness (QED) is 0.269. The minimum Gasteiger partial charge on any atom is -0.373 e. The Kier molecular flexibility index (Phi) is 9.47. The fourth-order valence-electron chi connectivity index (χ4n) is 3.48. The van der Waals surface area contributed by atoms with Gasteiger partial charge in [0.2, 0.25) is 0 Å². The summed E-state index contributed by atoms with van der Waals surface area (Å²) in [4.78, 5) is 21.0. The molecule has 10 nitrogen and oxygen atoms in total. The molecule has 0 fully saturated rings. The van der Waals surface area contributed by atoms with Crippen LogP contribution in [-0.2, 0) is 55.0 Å². The van der Waals surface area contributed by atoms with Gasteiger partial charge in [0, 0.05) is 97.2 Å². The number of rotatable bonds is 3. The Labute approximate surface area is 229 Å². The molecule has 37 heavy (non-hydrogen) atoms. The largest absolute Gasteiger partial charge is 1.00 e. The summed E-state index contributed by atoms with van der Waals surface area (Å²) in [6, 6.07) is 11.0. The number of nitrogens with zero attached hydrogens (tertiary/aromatic N) is 10. The van der Waals surface area contributed by atoms with Gasteiger partial charge in [-0.3, -0.25) is 4.98 Å². The first-order chi connectivity index (χ1) is 17.5. The SMILES string of the molecule is Cn1ccnc1-c1[c-]cccc1.Cn1ccnc1-c1nccn1C.Cn1ccnc1-c1nccn1C.[Os+]. The first-order valence-corrected chi connectivity index (χ1v) is 11.3. The van der Waals surface area contributed by atoms with Gasteiger partial charge in [-0.2, -0.15) is 0 Å². The Bertz CT molecular complexity index is 1350. The van der Waals surface area contributed by atoms with Crippen molar-refractivity contribution in [3.05, 3.63) is 92.3 Å².